The Morgan fingerprint density at radius 3 is 2.73 bits per heavy atom. The highest BCUT2D eigenvalue weighted by Gasteiger charge is 2.23. The normalized spacial score (nSPS) is 12.8. The van der Waals surface area contributed by atoms with Crippen LogP contribution in [-0.2, 0) is 9.53 Å². The van der Waals surface area contributed by atoms with Crippen LogP contribution in [-0.4, -0.2) is 33.3 Å². The summed E-state index contributed by atoms with van der Waals surface area (Å²) < 4.78 is 6.41. The Morgan fingerprint density at radius 2 is 2.33 bits per heavy atom. The lowest BCUT2D eigenvalue weighted by atomic mass is 10.0. The van der Waals surface area contributed by atoms with Crippen molar-refractivity contribution in [2.75, 3.05) is 7.11 Å². The summed E-state index contributed by atoms with van der Waals surface area (Å²) in [6.07, 6.45) is 0.630. The SMILES string of the molecule is COC(=O)C(CC(C)C)n1[nH]nnc1=S. The van der Waals surface area contributed by atoms with E-state index in [9.17, 15) is 4.79 Å². The monoisotopic (exact) mass is 230 g/mol. The van der Waals surface area contributed by atoms with Crippen molar-refractivity contribution in [3.8, 4) is 0 Å². The Bertz CT molecular complexity index is 384. The number of nitrogens with zero attached hydrogens (tertiary/aromatic N) is 3. The Labute approximate surface area is 92.6 Å². The maximum atomic E-state index is 11.5. The van der Waals surface area contributed by atoms with Gasteiger partial charge in [0.2, 0.25) is 4.77 Å². The van der Waals surface area contributed by atoms with Gasteiger partial charge in [0, 0.05) is 0 Å². The Kier molecular flexibility index (Phi) is 3.96. The van der Waals surface area contributed by atoms with Crippen molar-refractivity contribution in [1.29, 1.82) is 0 Å². The van der Waals surface area contributed by atoms with Crippen LogP contribution in [0.5, 0.6) is 0 Å². The van der Waals surface area contributed by atoms with Crippen molar-refractivity contribution >= 4 is 18.2 Å². The molecule has 1 N–H and O–H groups in total. The van der Waals surface area contributed by atoms with Gasteiger partial charge in [-0.2, -0.15) is 5.21 Å². The van der Waals surface area contributed by atoms with E-state index in [0.29, 0.717) is 12.3 Å². The number of tetrazole rings is 1. The van der Waals surface area contributed by atoms with Crippen LogP contribution in [0.25, 0.3) is 0 Å². The summed E-state index contributed by atoms with van der Waals surface area (Å²) in [5.74, 6) is 0.00477. The van der Waals surface area contributed by atoms with E-state index in [-0.39, 0.29) is 10.7 Å². The summed E-state index contributed by atoms with van der Waals surface area (Å²) >= 11 is 4.93. The first-order valence-corrected chi connectivity index (χ1v) is 5.04. The summed E-state index contributed by atoms with van der Waals surface area (Å²) in [7, 11) is 1.35. The smallest absolute Gasteiger partial charge is 0.330 e. The molecule has 0 radical (unpaired) electrons. The zero-order valence-electron chi connectivity index (χ0n) is 8.93. The summed E-state index contributed by atoms with van der Waals surface area (Å²) in [6.45, 7) is 4.03. The number of carbonyl (C=O) groups is 1. The molecule has 6 nitrogen and oxygen atoms in total. The third kappa shape index (κ3) is 2.85. The van der Waals surface area contributed by atoms with Gasteiger partial charge in [0.05, 0.1) is 7.11 Å². The van der Waals surface area contributed by atoms with Crippen molar-refractivity contribution < 1.29 is 9.53 Å². The number of ether oxygens (including phenoxy) is 1. The summed E-state index contributed by atoms with van der Waals surface area (Å²) in [5, 5.41) is 9.75. The van der Waals surface area contributed by atoms with Gasteiger partial charge in [0.1, 0.15) is 0 Å². The van der Waals surface area contributed by atoms with Crippen LogP contribution in [0.3, 0.4) is 0 Å². The van der Waals surface area contributed by atoms with Crippen molar-refractivity contribution in [2.24, 2.45) is 5.92 Å². The number of aromatic amines is 1. The van der Waals surface area contributed by atoms with E-state index in [1.165, 1.54) is 11.8 Å². The van der Waals surface area contributed by atoms with Crippen LogP contribution in [0.2, 0.25) is 0 Å². The molecule has 0 bridgehead atoms. The second-order valence-electron chi connectivity index (χ2n) is 3.62. The Hall–Kier alpha value is -1.24. The minimum absolute atomic E-state index is 0.256. The Balaban J connectivity index is 2.96. The number of carbonyl (C=O) groups excluding carboxylic acids is 1. The van der Waals surface area contributed by atoms with Crippen LogP contribution in [0.15, 0.2) is 0 Å². The molecule has 0 aromatic carbocycles. The summed E-state index contributed by atoms with van der Waals surface area (Å²) in [6, 6.07) is -0.475. The lowest BCUT2D eigenvalue weighted by molar-refractivity contribution is -0.145. The fourth-order valence-corrected chi connectivity index (χ4v) is 1.51. The maximum absolute atomic E-state index is 11.5. The zero-order chi connectivity index (χ0) is 11.4. The van der Waals surface area contributed by atoms with Crippen molar-refractivity contribution in [3.05, 3.63) is 4.77 Å². The summed E-state index contributed by atoms with van der Waals surface area (Å²) in [4.78, 5) is 11.5. The first-order valence-electron chi connectivity index (χ1n) is 4.63. The number of hydrogen-bond donors (Lipinski definition) is 1. The van der Waals surface area contributed by atoms with E-state index in [1.54, 1.807) is 0 Å². The fraction of sp³-hybridized carbons (Fsp3) is 0.750. The van der Waals surface area contributed by atoms with Crippen LogP contribution in [0, 0.1) is 10.7 Å². The molecule has 84 valence electrons. The molecule has 1 aromatic rings. The van der Waals surface area contributed by atoms with Crippen LogP contribution >= 0.6 is 12.2 Å². The van der Waals surface area contributed by atoms with Crippen LogP contribution < -0.4 is 0 Å². The largest absolute Gasteiger partial charge is 0.467 e. The molecular formula is C8H14N4O2S. The highest BCUT2D eigenvalue weighted by atomic mass is 32.1. The number of aromatic nitrogens is 4. The van der Waals surface area contributed by atoms with Crippen molar-refractivity contribution in [1.82, 2.24) is 20.2 Å². The second kappa shape index (κ2) is 5.01. The molecule has 15 heavy (non-hydrogen) atoms. The molecule has 1 rings (SSSR count). The van der Waals surface area contributed by atoms with Gasteiger partial charge in [-0.25, -0.2) is 9.48 Å². The second-order valence-corrected chi connectivity index (χ2v) is 3.99. The van der Waals surface area contributed by atoms with Crippen LogP contribution in [0.4, 0.5) is 0 Å². The molecule has 7 heteroatoms. The van der Waals surface area contributed by atoms with Gasteiger partial charge >= 0.3 is 5.97 Å². The average Bonchev–Trinajstić information content (AvgIpc) is 2.59. The van der Waals surface area contributed by atoms with E-state index >= 15 is 0 Å². The molecule has 0 spiro atoms. The van der Waals surface area contributed by atoms with Gasteiger partial charge in [-0.3, -0.25) is 0 Å². The molecule has 1 atom stereocenters. The van der Waals surface area contributed by atoms with Crippen molar-refractivity contribution in [3.63, 3.8) is 0 Å². The predicted octanol–water partition coefficient (Wildman–Crippen LogP) is 1.10. The molecule has 0 fully saturated rings. The van der Waals surface area contributed by atoms with Gasteiger partial charge in [0.25, 0.3) is 0 Å². The minimum atomic E-state index is -0.475. The number of methoxy groups -OCH3 is 1. The number of H-pyrrole nitrogens is 1. The minimum Gasteiger partial charge on any atom is -0.467 e. The molecule has 1 heterocycles. The lowest BCUT2D eigenvalue weighted by Gasteiger charge is -2.16. The lowest BCUT2D eigenvalue weighted by Crippen LogP contribution is -2.23. The fourth-order valence-electron chi connectivity index (χ4n) is 1.30. The molecular weight excluding hydrogens is 216 g/mol. The number of rotatable bonds is 4. The van der Waals surface area contributed by atoms with Gasteiger partial charge in [-0.1, -0.05) is 24.2 Å². The molecule has 0 aliphatic rings. The molecule has 0 saturated carbocycles. The van der Waals surface area contributed by atoms with Gasteiger partial charge in [-0.05, 0) is 24.6 Å². The molecule has 0 aliphatic heterocycles. The zero-order valence-corrected chi connectivity index (χ0v) is 9.74. The maximum Gasteiger partial charge on any atom is 0.330 e. The standard InChI is InChI=1S/C8H14N4O2S/c1-5(2)4-6(7(13)14-3)12-8(15)9-10-11-12/h5-6H,4H2,1-3H3,(H,9,11,15). The third-order valence-electron chi connectivity index (χ3n) is 1.97. The molecule has 0 saturated heterocycles. The first-order chi connectivity index (χ1) is 7.06. The molecule has 0 amide bonds. The number of esters is 1. The quantitative estimate of drug-likeness (QED) is 0.619. The van der Waals surface area contributed by atoms with E-state index in [0.717, 1.165) is 0 Å². The molecule has 1 unspecified atom stereocenters. The van der Waals surface area contributed by atoms with Gasteiger partial charge in [-0.15, -0.1) is 0 Å². The Morgan fingerprint density at radius 1 is 1.67 bits per heavy atom. The van der Waals surface area contributed by atoms with E-state index < -0.39 is 6.04 Å². The number of hydrogen-bond acceptors (Lipinski definition) is 5. The first kappa shape index (κ1) is 11.8. The van der Waals surface area contributed by atoms with E-state index in [1.807, 2.05) is 13.8 Å². The molecule has 1 aromatic heterocycles. The average molecular weight is 230 g/mol. The van der Waals surface area contributed by atoms with Gasteiger partial charge < -0.3 is 4.74 Å². The highest BCUT2D eigenvalue weighted by molar-refractivity contribution is 7.71. The van der Waals surface area contributed by atoms with Crippen LogP contribution in [0.1, 0.15) is 26.3 Å². The molecule has 0 aliphatic carbocycles. The van der Waals surface area contributed by atoms with Crippen molar-refractivity contribution in [2.45, 2.75) is 26.3 Å². The van der Waals surface area contributed by atoms with E-state index in [4.69, 9.17) is 17.0 Å². The number of nitrogens with one attached hydrogen (secondary N) is 1. The van der Waals surface area contributed by atoms with Gasteiger partial charge in [0.15, 0.2) is 6.04 Å². The van der Waals surface area contributed by atoms with E-state index in [2.05, 4.69) is 15.5 Å². The topological polar surface area (TPSA) is 72.8 Å². The third-order valence-corrected chi connectivity index (χ3v) is 2.25. The summed E-state index contributed by atoms with van der Waals surface area (Å²) in [5.41, 5.74) is 0. The highest BCUT2D eigenvalue weighted by Crippen LogP contribution is 2.17. The predicted molar refractivity (Wildman–Crippen MR) is 55.7 cm³/mol.